The van der Waals surface area contributed by atoms with Crippen molar-refractivity contribution >= 4 is 27.6 Å². The van der Waals surface area contributed by atoms with E-state index in [0.717, 1.165) is 0 Å². The van der Waals surface area contributed by atoms with E-state index in [4.69, 9.17) is 6.57 Å². The van der Waals surface area contributed by atoms with Gasteiger partial charge in [-0.15, -0.1) is 0 Å². The lowest BCUT2D eigenvalue weighted by molar-refractivity contribution is 0.0600. The number of hydrogen-bond donors (Lipinski definition) is 0. The molecular weight excluding hydrogens is 246 g/mol. The van der Waals surface area contributed by atoms with Crippen LogP contribution in [0.4, 0.5) is 5.69 Å². The molecule has 1 aromatic carbocycles. The number of carbonyl (C=O) groups is 1. The summed E-state index contributed by atoms with van der Waals surface area (Å²) in [6.45, 7) is 6.93. The molecule has 0 N–H and O–H groups in total. The minimum atomic E-state index is -0.412. The van der Waals surface area contributed by atoms with Crippen LogP contribution in [-0.2, 0) is 10.1 Å². The van der Waals surface area contributed by atoms with Crippen molar-refractivity contribution in [2.24, 2.45) is 0 Å². The molecule has 72 valence electrons. The summed E-state index contributed by atoms with van der Waals surface area (Å²) in [5.74, 6) is -0.412. The molecule has 4 heteroatoms. The van der Waals surface area contributed by atoms with Gasteiger partial charge in [0.05, 0.1) is 19.2 Å². The van der Waals surface area contributed by atoms with Crippen LogP contribution < -0.4 is 0 Å². The minimum absolute atomic E-state index is 0.412. The zero-order valence-corrected chi connectivity index (χ0v) is 9.17. The van der Waals surface area contributed by atoms with Gasteiger partial charge in [-0.05, 0) is 11.6 Å². The fraction of sp³-hybridized carbons (Fsp3) is 0.200. The first-order chi connectivity index (χ1) is 6.74. The van der Waals surface area contributed by atoms with Crippen molar-refractivity contribution in [3.63, 3.8) is 0 Å². The van der Waals surface area contributed by atoms with E-state index in [9.17, 15) is 4.79 Å². The molecule has 3 nitrogen and oxygen atoms in total. The maximum atomic E-state index is 11.3. The van der Waals surface area contributed by atoms with E-state index in [1.807, 2.05) is 0 Å². The molecule has 0 atom stereocenters. The monoisotopic (exact) mass is 253 g/mol. The molecule has 0 aliphatic heterocycles. The molecule has 14 heavy (non-hydrogen) atoms. The third-order valence-electron chi connectivity index (χ3n) is 1.81. The van der Waals surface area contributed by atoms with E-state index in [1.54, 1.807) is 18.2 Å². The second kappa shape index (κ2) is 4.77. The molecular formula is C10H8BrNO2. The summed E-state index contributed by atoms with van der Waals surface area (Å²) in [6, 6.07) is 5.00. The third kappa shape index (κ3) is 1.94. The van der Waals surface area contributed by atoms with E-state index in [0.29, 0.717) is 22.1 Å². The lowest BCUT2D eigenvalue weighted by Crippen LogP contribution is -2.04. The highest BCUT2D eigenvalue weighted by molar-refractivity contribution is 9.08. The second-order valence-corrected chi connectivity index (χ2v) is 3.10. The first-order valence-electron chi connectivity index (χ1n) is 3.88. The summed E-state index contributed by atoms with van der Waals surface area (Å²) >= 11 is 3.25. The van der Waals surface area contributed by atoms with Crippen molar-refractivity contribution in [3.8, 4) is 0 Å². The van der Waals surface area contributed by atoms with E-state index < -0.39 is 5.97 Å². The Morgan fingerprint density at radius 1 is 1.64 bits per heavy atom. The summed E-state index contributed by atoms with van der Waals surface area (Å²) < 4.78 is 4.62. The topological polar surface area (TPSA) is 30.7 Å². The van der Waals surface area contributed by atoms with E-state index >= 15 is 0 Å². The first kappa shape index (κ1) is 10.7. The van der Waals surface area contributed by atoms with Gasteiger partial charge in [-0.25, -0.2) is 9.64 Å². The lowest BCUT2D eigenvalue weighted by atomic mass is 10.1. The molecule has 0 amide bonds. The van der Waals surface area contributed by atoms with Gasteiger partial charge in [-0.3, -0.25) is 0 Å². The number of benzene rings is 1. The standard InChI is InChI=1S/C10H8BrNO2/c1-12-9-5-3-4-7(8(9)6-11)10(13)14-2/h3-5H,6H2,2H3. The maximum Gasteiger partial charge on any atom is 0.336 e. The van der Waals surface area contributed by atoms with Gasteiger partial charge in [-0.2, -0.15) is 0 Å². The average molecular weight is 254 g/mol. The van der Waals surface area contributed by atoms with Crippen LogP contribution in [0.2, 0.25) is 0 Å². The molecule has 0 fully saturated rings. The quantitative estimate of drug-likeness (QED) is 0.461. The summed E-state index contributed by atoms with van der Waals surface area (Å²) in [5, 5.41) is 0.468. The number of rotatable bonds is 2. The molecule has 0 unspecified atom stereocenters. The van der Waals surface area contributed by atoms with Gasteiger partial charge in [0.1, 0.15) is 0 Å². The van der Waals surface area contributed by atoms with Crippen LogP contribution in [0, 0.1) is 6.57 Å². The molecule has 0 aromatic heterocycles. The SMILES string of the molecule is [C-]#[N+]c1cccc(C(=O)OC)c1CBr. The van der Waals surface area contributed by atoms with Gasteiger partial charge in [0.2, 0.25) is 0 Å². The van der Waals surface area contributed by atoms with Crippen LogP contribution in [0.1, 0.15) is 15.9 Å². The van der Waals surface area contributed by atoms with Crippen molar-refractivity contribution in [3.05, 3.63) is 40.7 Å². The Hall–Kier alpha value is -1.34. The number of methoxy groups -OCH3 is 1. The van der Waals surface area contributed by atoms with E-state index in [-0.39, 0.29) is 0 Å². The Labute approximate surface area is 90.6 Å². The van der Waals surface area contributed by atoms with Gasteiger partial charge in [0, 0.05) is 5.33 Å². The number of hydrogen-bond acceptors (Lipinski definition) is 2. The largest absolute Gasteiger partial charge is 0.465 e. The normalized spacial score (nSPS) is 9.21. The van der Waals surface area contributed by atoms with Crippen molar-refractivity contribution < 1.29 is 9.53 Å². The summed E-state index contributed by atoms with van der Waals surface area (Å²) in [7, 11) is 1.32. The van der Waals surface area contributed by atoms with Crippen molar-refractivity contribution in [2.45, 2.75) is 5.33 Å². The fourth-order valence-corrected chi connectivity index (χ4v) is 1.71. The third-order valence-corrected chi connectivity index (χ3v) is 2.37. The molecule has 0 heterocycles. The highest BCUT2D eigenvalue weighted by atomic mass is 79.9. The van der Waals surface area contributed by atoms with Gasteiger partial charge in [-0.1, -0.05) is 28.1 Å². The smallest absolute Gasteiger partial charge is 0.336 e. The van der Waals surface area contributed by atoms with Crippen LogP contribution in [-0.4, -0.2) is 13.1 Å². The zero-order chi connectivity index (χ0) is 10.6. The zero-order valence-electron chi connectivity index (χ0n) is 7.58. The Morgan fingerprint density at radius 3 is 2.86 bits per heavy atom. The van der Waals surface area contributed by atoms with Gasteiger partial charge >= 0.3 is 5.97 Å². The van der Waals surface area contributed by atoms with Crippen molar-refractivity contribution in [2.75, 3.05) is 7.11 Å². The molecule has 1 rings (SSSR count). The molecule has 0 bridgehead atoms. The van der Waals surface area contributed by atoms with Crippen molar-refractivity contribution in [1.29, 1.82) is 0 Å². The summed E-state index contributed by atoms with van der Waals surface area (Å²) in [4.78, 5) is 14.6. The second-order valence-electron chi connectivity index (χ2n) is 2.54. The summed E-state index contributed by atoms with van der Waals surface area (Å²) in [5.41, 5.74) is 1.59. The van der Waals surface area contributed by atoms with Crippen LogP contribution in [0.15, 0.2) is 18.2 Å². The Kier molecular flexibility index (Phi) is 3.66. The predicted octanol–water partition coefficient (Wildman–Crippen LogP) is 2.92. The van der Waals surface area contributed by atoms with Crippen LogP contribution in [0.5, 0.6) is 0 Å². The number of nitrogens with zero attached hydrogens (tertiary/aromatic N) is 1. The van der Waals surface area contributed by atoms with E-state index in [1.165, 1.54) is 7.11 Å². The highest BCUT2D eigenvalue weighted by Gasteiger charge is 2.13. The Balaban J connectivity index is 3.31. The summed E-state index contributed by atoms with van der Waals surface area (Å²) in [6.07, 6.45) is 0. The number of carbonyl (C=O) groups excluding carboxylic acids is 1. The number of esters is 1. The molecule has 0 aliphatic carbocycles. The first-order valence-corrected chi connectivity index (χ1v) is 5.00. The lowest BCUT2D eigenvalue weighted by Gasteiger charge is -2.06. The van der Waals surface area contributed by atoms with Crippen LogP contribution in [0.25, 0.3) is 4.85 Å². The number of ether oxygens (including phenoxy) is 1. The molecule has 0 radical (unpaired) electrons. The van der Waals surface area contributed by atoms with Crippen LogP contribution in [0.3, 0.4) is 0 Å². The van der Waals surface area contributed by atoms with E-state index in [2.05, 4.69) is 25.5 Å². The molecule has 0 saturated carbocycles. The molecule has 0 aliphatic rings. The molecule has 0 spiro atoms. The van der Waals surface area contributed by atoms with Gasteiger partial charge < -0.3 is 4.74 Å². The fourth-order valence-electron chi connectivity index (χ4n) is 1.12. The number of halogens is 1. The van der Waals surface area contributed by atoms with Crippen molar-refractivity contribution in [1.82, 2.24) is 0 Å². The van der Waals surface area contributed by atoms with Gasteiger partial charge in [0.15, 0.2) is 5.69 Å². The van der Waals surface area contributed by atoms with Gasteiger partial charge in [0.25, 0.3) is 0 Å². The minimum Gasteiger partial charge on any atom is -0.465 e. The predicted molar refractivity (Wildman–Crippen MR) is 56.7 cm³/mol. The number of alkyl halides is 1. The Morgan fingerprint density at radius 2 is 2.36 bits per heavy atom. The van der Waals surface area contributed by atoms with Crippen LogP contribution >= 0.6 is 15.9 Å². The molecule has 1 aromatic rings. The highest BCUT2D eigenvalue weighted by Crippen LogP contribution is 2.25. The average Bonchev–Trinajstić information content (AvgIpc) is 2.26. The maximum absolute atomic E-state index is 11.3. The molecule has 0 saturated heterocycles. The Bertz CT molecular complexity index is 396.